The molecule has 1 unspecified atom stereocenters. The summed E-state index contributed by atoms with van der Waals surface area (Å²) in [4.78, 5) is 11.9. The first-order chi connectivity index (χ1) is 11.8. The Labute approximate surface area is 155 Å². The van der Waals surface area contributed by atoms with Crippen LogP contribution in [0.3, 0.4) is 0 Å². The number of rotatable bonds is 3. The fourth-order valence-electron chi connectivity index (χ4n) is 2.53. The largest absolute Gasteiger partial charge is 0.476 e. The van der Waals surface area contributed by atoms with Gasteiger partial charge in [-0.25, -0.2) is 8.42 Å². The number of benzene rings is 2. The van der Waals surface area contributed by atoms with E-state index in [2.05, 4.69) is 5.32 Å². The van der Waals surface area contributed by atoms with Crippen LogP contribution in [-0.2, 0) is 14.8 Å². The first-order valence-electron chi connectivity index (χ1n) is 7.29. The summed E-state index contributed by atoms with van der Waals surface area (Å²) < 4.78 is 33.0. The van der Waals surface area contributed by atoms with Gasteiger partial charge in [0, 0.05) is 17.1 Å². The molecule has 1 atom stereocenters. The SMILES string of the molecule is CNC(=O)C1CN(S(=O)(=O)c2cc(Cl)cc(Cl)c2)c2ccccc2O1. The molecule has 1 aliphatic heterocycles. The van der Waals surface area contributed by atoms with Gasteiger partial charge in [-0.05, 0) is 30.3 Å². The van der Waals surface area contributed by atoms with Crippen LogP contribution in [0.2, 0.25) is 10.0 Å². The third-order valence-electron chi connectivity index (χ3n) is 3.70. The maximum atomic E-state index is 13.1. The highest BCUT2D eigenvalue weighted by Crippen LogP contribution is 2.37. The minimum atomic E-state index is -3.99. The number of carbonyl (C=O) groups is 1. The second-order valence-electron chi connectivity index (χ2n) is 5.33. The van der Waals surface area contributed by atoms with Gasteiger partial charge < -0.3 is 10.1 Å². The summed E-state index contributed by atoms with van der Waals surface area (Å²) in [5, 5.41) is 2.88. The Hall–Kier alpha value is -1.96. The van der Waals surface area contributed by atoms with Crippen LogP contribution in [0.25, 0.3) is 0 Å². The standard InChI is InChI=1S/C16H14Cl2N2O4S/c1-19-16(21)15-9-20(13-4-2-3-5-14(13)24-15)25(22,23)12-7-10(17)6-11(18)8-12/h2-8,15H,9H2,1H3,(H,19,21). The molecule has 1 amide bonds. The maximum absolute atomic E-state index is 13.1. The molecule has 1 aliphatic rings. The Morgan fingerprint density at radius 3 is 2.48 bits per heavy atom. The molecule has 0 aromatic heterocycles. The normalized spacial score (nSPS) is 16.8. The Balaban J connectivity index is 2.11. The zero-order valence-electron chi connectivity index (χ0n) is 13.1. The zero-order chi connectivity index (χ0) is 18.2. The van der Waals surface area contributed by atoms with Gasteiger partial charge in [-0.2, -0.15) is 0 Å². The zero-order valence-corrected chi connectivity index (χ0v) is 15.4. The topological polar surface area (TPSA) is 75.7 Å². The molecule has 132 valence electrons. The average Bonchev–Trinajstić information content (AvgIpc) is 2.59. The molecule has 0 spiro atoms. The van der Waals surface area contributed by atoms with E-state index < -0.39 is 22.0 Å². The fourth-order valence-corrected chi connectivity index (χ4v) is 4.74. The Kier molecular flexibility index (Phi) is 4.81. The molecule has 0 saturated heterocycles. The lowest BCUT2D eigenvalue weighted by Crippen LogP contribution is -2.50. The molecule has 1 N–H and O–H groups in total. The van der Waals surface area contributed by atoms with E-state index in [0.717, 1.165) is 4.31 Å². The Morgan fingerprint density at radius 1 is 1.20 bits per heavy atom. The van der Waals surface area contributed by atoms with Gasteiger partial charge in [-0.15, -0.1) is 0 Å². The monoisotopic (exact) mass is 400 g/mol. The molecular weight excluding hydrogens is 387 g/mol. The number of nitrogens with one attached hydrogen (secondary N) is 1. The van der Waals surface area contributed by atoms with E-state index in [1.54, 1.807) is 24.3 Å². The number of amides is 1. The molecule has 1 heterocycles. The molecule has 0 saturated carbocycles. The molecular formula is C16H14Cl2N2O4S. The number of likely N-dealkylation sites (N-methyl/N-ethyl adjacent to an activating group) is 1. The van der Waals surface area contributed by atoms with Crippen LogP contribution in [0.4, 0.5) is 5.69 Å². The minimum absolute atomic E-state index is 0.0580. The lowest BCUT2D eigenvalue weighted by Gasteiger charge is -2.34. The van der Waals surface area contributed by atoms with Gasteiger partial charge in [-0.3, -0.25) is 9.10 Å². The summed E-state index contributed by atoms with van der Waals surface area (Å²) in [6, 6.07) is 10.7. The van der Waals surface area contributed by atoms with Crippen molar-refractivity contribution in [3.8, 4) is 5.75 Å². The van der Waals surface area contributed by atoms with Gasteiger partial charge >= 0.3 is 0 Å². The van der Waals surface area contributed by atoms with Crippen molar-refractivity contribution in [2.24, 2.45) is 0 Å². The highest BCUT2D eigenvalue weighted by atomic mass is 35.5. The first-order valence-corrected chi connectivity index (χ1v) is 9.48. The van der Waals surface area contributed by atoms with Gasteiger partial charge in [0.25, 0.3) is 15.9 Å². The number of nitrogens with zero attached hydrogens (tertiary/aromatic N) is 1. The molecule has 0 fully saturated rings. The van der Waals surface area contributed by atoms with Gasteiger partial charge in [0.05, 0.1) is 17.1 Å². The Bertz CT molecular complexity index is 913. The molecule has 0 bridgehead atoms. The molecule has 2 aromatic carbocycles. The van der Waals surface area contributed by atoms with Crippen molar-refractivity contribution < 1.29 is 17.9 Å². The predicted molar refractivity (Wildman–Crippen MR) is 95.9 cm³/mol. The van der Waals surface area contributed by atoms with Crippen LogP contribution in [0.15, 0.2) is 47.4 Å². The second-order valence-corrected chi connectivity index (χ2v) is 8.06. The summed E-state index contributed by atoms with van der Waals surface area (Å²) in [7, 11) is -2.53. The van der Waals surface area contributed by atoms with Gasteiger partial charge in [0.1, 0.15) is 5.75 Å². The van der Waals surface area contributed by atoms with E-state index in [-0.39, 0.29) is 21.5 Å². The number of para-hydroxylation sites is 2. The third kappa shape index (κ3) is 3.40. The van der Waals surface area contributed by atoms with E-state index in [9.17, 15) is 13.2 Å². The van der Waals surface area contributed by atoms with Crippen molar-refractivity contribution in [1.29, 1.82) is 0 Å². The second kappa shape index (κ2) is 6.74. The molecule has 2 aromatic rings. The summed E-state index contributed by atoms with van der Waals surface area (Å²) in [6.45, 7) is -0.164. The highest BCUT2D eigenvalue weighted by molar-refractivity contribution is 7.92. The predicted octanol–water partition coefficient (Wildman–Crippen LogP) is 2.70. The number of fused-ring (bicyclic) bond motifs is 1. The van der Waals surface area contributed by atoms with Gasteiger partial charge in [0.15, 0.2) is 6.10 Å². The van der Waals surface area contributed by atoms with Crippen molar-refractivity contribution >= 4 is 44.8 Å². The van der Waals surface area contributed by atoms with Crippen LogP contribution < -0.4 is 14.4 Å². The quantitative estimate of drug-likeness (QED) is 0.858. The van der Waals surface area contributed by atoms with Gasteiger partial charge in [-0.1, -0.05) is 35.3 Å². The number of hydrogen-bond acceptors (Lipinski definition) is 4. The fraction of sp³-hybridized carbons (Fsp3) is 0.188. The van der Waals surface area contributed by atoms with Crippen LogP contribution >= 0.6 is 23.2 Å². The number of sulfonamides is 1. The van der Waals surface area contributed by atoms with Crippen LogP contribution in [0.5, 0.6) is 5.75 Å². The highest BCUT2D eigenvalue weighted by Gasteiger charge is 2.37. The number of ether oxygens (including phenoxy) is 1. The molecule has 6 nitrogen and oxygen atoms in total. The summed E-state index contributed by atoms with van der Waals surface area (Å²) in [5.74, 6) is -0.113. The van der Waals surface area contributed by atoms with E-state index in [1.807, 2.05) is 0 Å². The first kappa shape index (κ1) is 17.8. The minimum Gasteiger partial charge on any atom is -0.476 e. The van der Waals surface area contributed by atoms with Crippen molar-refractivity contribution in [2.45, 2.75) is 11.0 Å². The van der Waals surface area contributed by atoms with Crippen LogP contribution in [0, 0.1) is 0 Å². The van der Waals surface area contributed by atoms with Gasteiger partial charge in [0.2, 0.25) is 0 Å². The van der Waals surface area contributed by atoms with Crippen molar-refractivity contribution in [2.75, 3.05) is 17.9 Å². The lowest BCUT2D eigenvalue weighted by molar-refractivity contribution is -0.127. The van der Waals surface area contributed by atoms with Crippen molar-refractivity contribution in [3.63, 3.8) is 0 Å². The lowest BCUT2D eigenvalue weighted by atomic mass is 10.2. The summed E-state index contributed by atoms with van der Waals surface area (Å²) in [6.07, 6.45) is -0.968. The average molecular weight is 401 g/mol. The third-order valence-corrected chi connectivity index (χ3v) is 5.89. The molecule has 0 aliphatic carbocycles. The van der Waals surface area contributed by atoms with E-state index in [1.165, 1.54) is 25.2 Å². The summed E-state index contributed by atoms with van der Waals surface area (Å²) in [5.41, 5.74) is 0.346. The van der Waals surface area contributed by atoms with Crippen molar-refractivity contribution in [1.82, 2.24) is 5.32 Å². The van der Waals surface area contributed by atoms with Crippen LogP contribution in [0.1, 0.15) is 0 Å². The summed E-state index contributed by atoms with van der Waals surface area (Å²) >= 11 is 11.9. The molecule has 0 radical (unpaired) electrons. The maximum Gasteiger partial charge on any atom is 0.264 e. The van der Waals surface area contributed by atoms with Crippen molar-refractivity contribution in [3.05, 3.63) is 52.5 Å². The number of anilines is 1. The number of hydrogen-bond donors (Lipinski definition) is 1. The van der Waals surface area contributed by atoms with E-state index >= 15 is 0 Å². The van der Waals surface area contributed by atoms with Crippen LogP contribution in [-0.4, -0.2) is 34.0 Å². The molecule has 9 heteroatoms. The smallest absolute Gasteiger partial charge is 0.264 e. The molecule has 3 rings (SSSR count). The number of halogens is 2. The van der Waals surface area contributed by atoms with E-state index in [0.29, 0.717) is 11.4 Å². The number of carbonyl (C=O) groups excluding carboxylic acids is 1. The Morgan fingerprint density at radius 2 is 1.84 bits per heavy atom. The van der Waals surface area contributed by atoms with E-state index in [4.69, 9.17) is 27.9 Å². The molecule has 25 heavy (non-hydrogen) atoms.